The fourth-order valence-corrected chi connectivity index (χ4v) is 3.34. The first kappa shape index (κ1) is 18.5. The maximum absolute atomic E-state index is 12.8. The first-order valence-corrected chi connectivity index (χ1v) is 9.36. The van der Waals surface area contributed by atoms with Crippen molar-refractivity contribution in [3.8, 4) is 0 Å². The highest BCUT2D eigenvalue weighted by Gasteiger charge is 2.28. The Labute approximate surface area is 169 Å². The Morgan fingerprint density at radius 2 is 1.55 bits per heavy atom. The van der Waals surface area contributed by atoms with Gasteiger partial charge in [-0.3, -0.25) is 9.59 Å². The van der Waals surface area contributed by atoms with Gasteiger partial charge in [-0.1, -0.05) is 48.5 Å². The summed E-state index contributed by atoms with van der Waals surface area (Å²) in [5.41, 5.74) is 5.57. The molecule has 3 aromatic carbocycles. The van der Waals surface area contributed by atoms with Crippen LogP contribution in [0, 0.1) is 0 Å². The lowest BCUT2D eigenvalue weighted by atomic mass is 10.00. The minimum absolute atomic E-state index is 0.0305. The molecule has 1 aliphatic rings. The van der Waals surface area contributed by atoms with E-state index in [1.54, 1.807) is 11.9 Å². The Hall–Kier alpha value is -3.86. The van der Waals surface area contributed by atoms with Gasteiger partial charge >= 0.3 is 0 Å². The molecule has 5 nitrogen and oxygen atoms in total. The van der Waals surface area contributed by atoms with Crippen molar-refractivity contribution in [3.63, 3.8) is 0 Å². The van der Waals surface area contributed by atoms with E-state index in [4.69, 9.17) is 0 Å². The van der Waals surface area contributed by atoms with E-state index in [0.717, 1.165) is 33.9 Å². The number of nitrogens with one attached hydrogen (secondary N) is 2. The first-order chi connectivity index (χ1) is 14.0. The summed E-state index contributed by atoms with van der Waals surface area (Å²) in [6.07, 6.45) is 0. The Kier molecular flexibility index (Phi) is 4.87. The summed E-state index contributed by atoms with van der Waals surface area (Å²) in [4.78, 5) is 26.0. The van der Waals surface area contributed by atoms with Crippen LogP contribution in [0.25, 0.3) is 11.3 Å². The lowest BCUT2D eigenvalue weighted by Crippen LogP contribution is -2.22. The van der Waals surface area contributed by atoms with Crippen LogP contribution in [-0.2, 0) is 9.59 Å². The highest BCUT2D eigenvalue weighted by Crippen LogP contribution is 2.37. The van der Waals surface area contributed by atoms with Crippen LogP contribution in [-0.4, -0.2) is 18.9 Å². The van der Waals surface area contributed by atoms with E-state index in [2.05, 4.69) is 10.6 Å². The van der Waals surface area contributed by atoms with Gasteiger partial charge in [0.2, 0.25) is 5.91 Å². The number of anilines is 3. The Morgan fingerprint density at radius 3 is 2.24 bits per heavy atom. The summed E-state index contributed by atoms with van der Waals surface area (Å²) >= 11 is 0. The number of carbonyl (C=O) groups is 2. The van der Waals surface area contributed by atoms with E-state index in [0.29, 0.717) is 5.57 Å². The summed E-state index contributed by atoms with van der Waals surface area (Å²) in [5.74, 6) is -0.164. The van der Waals surface area contributed by atoms with Crippen molar-refractivity contribution < 1.29 is 9.59 Å². The molecule has 0 aromatic heterocycles. The molecule has 0 bridgehead atoms. The summed E-state index contributed by atoms with van der Waals surface area (Å²) in [7, 11) is 1.74. The number of carbonyl (C=O) groups excluding carboxylic acids is 2. The van der Waals surface area contributed by atoms with Gasteiger partial charge in [0.05, 0.1) is 11.3 Å². The number of hydrogen-bond acceptors (Lipinski definition) is 3. The zero-order valence-corrected chi connectivity index (χ0v) is 16.3. The number of benzene rings is 3. The SMILES string of the molecule is CC(=O)N(C)c1ccc(NC(=C2C(=O)Nc3ccccc32)c2ccccc2)cc1. The van der Waals surface area contributed by atoms with Gasteiger partial charge in [-0.15, -0.1) is 0 Å². The standard InChI is InChI=1S/C24H21N3O2/c1-16(28)27(2)19-14-12-18(13-15-19)25-23(17-8-4-3-5-9-17)22-20-10-6-7-11-21(20)26-24(22)29/h3-15,25H,1-2H3,(H,26,29). The predicted molar refractivity (Wildman–Crippen MR) is 117 cm³/mol. The Balaban J connectivity index is 1.78. The van der Waals surface area contributed by atoms with Gasteiger partial charge < -0.3 is 15.5 Å². The van der Waals surface area contributed by atoms with Crippen LogP contribution in [0.2, 0.25) is 0 Å². The van der Waals surface area contributed by atoms with Gasteiger partial charge in [-0.2, -0.15) is 0 Å². The average Bonchev–Trinajstić information content (AvgIpc) is 3.08. The van der Waals surface area contributed by atoms with Crippen molar-refractivity contribution in [2.24, 2.45) is 0 Å². The lowest BCUT2D eigenvalue weighted by molar-refractivity contribution is -0.116. The van der Waals surface area contributed by atoms with Crippen LogP contribution in [0.5, 0.6) is 0 Å². The van der Waals surface area contributed by atoms with Crippen molar-refractivity contribution in [2.75, 3.05) is 22.6 Å². The maximum atomic E-state index is 12.8. The molecular formula is C24H21N3O2. The van der Waals surface area contributed by atoms with Gasteiger partial charge in [0, 0.05) is 36.6 Å². The van der Waals surface area contributed by atoms with E-state index in [1.807, 2.05) is 78.9 Å². The summed E-state index contributed by atoms with van der Waals surface area (Å²) in [5, 5.41) is 6.36. The highest BCUT2D eigenvalue weighted by molar-refractivity contribution is 6.37. The molecule has 2 amide bonds. The van der Waals surface area contributed by atoms with Gasteiger partial charge in [0.15, 0.2) is 0 Å². The average molecular weight is 383 g/mol. The molecule has 1 heterocycles. The molecule has 0 aliphatic carbocycles. The van der Waals surface area contributed by atoms with Crippen molar-refractivity contribution in [1.29, 1.82) is 0 Å². The molecule has 4 rings (SSSR count). The zero-order chi connectivity index (χ0) is 20.4. The molecule has 0 saturated heterocycles. The van der Waals surface area contributed by atoms with Crippen molar-refractivity contribution in [3.05, 3.63) is 90.0 Å². The van der Waals surface area contributed by atoms with E-state index < -0.39 is 0 Å². The fourth-order valence-electron chi connectivity index (χ4n) is 3.34. The number of nitrogens with zero attached hydrogens (tertiary/aromatic N) is 1. The number of fused-ring (bicyclic) bond motifs is 1. The zero-order valence-electron chi connectivity index (χ0n) is 16.3. The van der Waals surface area contributed by atoms with Gasteiger partial charge in [-0.25, -0.2) is 0 Å². The number of para-hydroxylation sites is 1. The molecule has 1 aliphatic heterocycles. The van der Waals surface area contributed by atoms with E-state index in [9.17, 15) is 9.59 Å². The molecule has 144 valence electrons. The van der Waals surface area contributed by atoms with E-state index in [-0.39, 0.29) is 11.8 Å². The van der Waals surface area contributed by atoms with E-state index in [1.165, 1.54) is 6.92 Å². The molecule has 0 radical (unpaired) electrons. The third-order valence-corrected chi connectivity index (χ3v) is 4.98. The summed E-state index contributed by atoms with van der Waals surface area (Å²) in [6.45, 7) is 1.53. The van der Waals surface area contributed by atoms with Gasteiger partial charge in [0.25, 0.3) is 5.91 Å². The second-order valence-corrected chi connectivity index (χ2v) is 6.87. The molecular weight excluding hydrogens is 362 g/mol. The fraction of sp³-hybridized carbons (Fsp3) is 0.0833. The minimum atomic E-state index is -0.134. The van der Waals surface area contributed by atoms with Crippen molar-refractivity contribution >= 4 is 40.1 Å². The monoisotopic (exact) mass is 383 g/mol. The number of amides is 2. The summed E-state index contributed by atoms with van der Waals surface area (Å²) < 4.78 is 0. The second kappa shape index (κ2) is 7.64. The van der Waals surface area contributed by atoms with Crippen LogP contribution >= 0.6 is 0 Å². The van der Waals surface area contributed by atoms with Gasteiger partial charge in [-0.05, 0) is 35.9 Å². The van der Waals surface area contributed by atoms with Crippen LogP contribution in [0.4, 0.5) is 17.1 Å². The second-order valence-electron chi connectivity index (χ2n) is 6.87. The molecule has 0 fully saturated rings. The maximum Gasteiger partial charge on any atom is 0.258 e. The minimum Gasteiger partial charge on any atom is -0.354 e. The molecule has 0 atom stereocenters. The number of rotatable bonds is 4. The molecule has 3 aromatic rings. The predicted octanol–water partition coefficient (Wildman–Crippen LogP) is 4.60. The first-order valence-electron chi connectivity index (χ1n) is 9.36. The van der Waals surface area contributed by atoms with Crippen LogP contribution in [0.15, 0.2) is 78.9 Å². The van der Waals surface area contributed by atoms with Crippen LogP contribution in [0.1, 0.15) is 18.1 Å². The Bertz CT molecular complexity index is 1100. The van der Waals surface area contributed by atoms with E-state index >= 15 is 0 Å². The smallest absolute Gasteiger partial charge is 0.258 e. The largest absolute Gasteiger partial charge is 0.354 e. The third kappa shape index (κ3) is 3.62. The van der Waals surface area contributed by atoms with Crippen molar-refractivity contribution in [2.45, 2.75) is 6.92 Å². The highest BCUT2D eigenvalue weighted by atomic mass is 16.2. The molecule has 2 N–H and O–H groups in total. The molecule has 5 heteroatoms. The Morgan fingerprint density at radius 1 is 0.897 bits per heavy atom. The van der Waals surface area contributed by atoms with Crippen LogP contribution in [0.3, 0.4) is 0 Å². The lowest BCUT2D eigenvalue weighted by Gasteiger charge is -2.17. The third-order valence-electron chi connectivity index (χ3n) is 4.98. The quantitative estimate of drug-likeness (QED) is 0.647. The summed E-state index contributed by atoms with van der Waals surface area (Å²) in [6, 6.07) is 25.0. The normalized spacial score (nSPS) is 14.1. The molecule has 29 heavy (non-hydrogen) atoms. The molecule has 0 unspecified atom stereocenters. The van der Waals surface area contributed by atoms with Gasteiger partial charge in [0.1, 0.15) is 0 Å². The topological polar surface area (TPSA) is 61.4 Å². The molecule has 0 saturated carbocycles. The van der Waals surface area contributed by atoms with Crippen LogP contribution < -0.4 is 15.5 Å². The van der Waals surface area contributed by atoms with Crippen molar-refractivity contribution in [1.82, 2.24) is 0 Å². The number of hydrogen-bond donors (Lipinski definition) is 2. The molecule has 0 spiro atoms.